The highest BCUT2D eigenvalue weighted by Gasteiger charge is 2.14. The first-order valence-electron chi connectivity index (χ1n) is 9.63. The summed E-state index contributed by atoms with van der Waals surface area (Å²) >= 11 is 0. The molecule has 2 aromatic rings. The zero-order valence-corrected chi connectivity index (χ0v) is 18.0. The monoisotopic (exact) mass is 418 g/mol. The van der Waals surface area contributed by atoms with E-state index in [0.717, 1.165) is 17.7 Å². The number of nitrogens with zero attached hydrogens (tertiary/aromatic N) is 1. The minimum atomic E-state index is -3.57. The van der Waals surface area contributed by atoms with Gasteiger partial charge in [0.1, 0.15) is 0 Å². The van der Waals surface area contributed by atoms with Gasteiger partial charge in [-0.1, -0.05) is 42.5 Å². The number of hydrogen-bond donors (Lipinski definition) is 3. The van der Waals surface area contributed by atoms with Gasteiger partial charge in [-0.05, 0) is 37.1 Å². The molecular weight excluding hydrogens is 388 g/mol. The molecule has 0 aliphatic heterocycles. The molecule has 158 valence electrons. The summed E-state index contributed by atoms with van der Waals surface area (Å²) in [6, 6.07) is 17.0. The number of methoxy groups -OCH3 is 1. The quantitative estimate of drug-likeness (QED) is 0.313. The Bertz CT molecular complexity index is 886. The first-order chi connectivity index (χ1) is 14.0. The van der Waals surface area contributed by atoms with Gasteiger partial charge in [0.25, 0.3) is 0 Å². The molecule has 29 heavy (non-hydrogen) atoms. The standard InChI is InChI=1S/C21H30N4O3S/c1-4-22-21(25-17(2)19-10-6-5-7-11-19)23-16-18-9-8-12-20(15-18)29(26,27)24-13-14-28-3/h5-12,15,17,24H,4,13-14,16H2,1-3H3,(H2,22,23,25). The van der Waals surface area contributed by atoms with Crippen LogP contribution < -0.4 is 15.4 Å². The second kappa shape index (κ2) is 11.5. The lowest BCUT2D eigenvalue weighted by atomic mass is 10.1. The molecule has 0 fully saturated rings. The highest BCUT2D eigenvalue weighted by molar-refractivity contribution is 7.89. The number of nitrogens with one attached hydrogen (secondary N) is 3. The molecule has 0 aliphatic rings. The van der Waals surface area contributed by atoms with Crippen LogP contribution in [-0.2, 0) is 21.3 Å². The van der Waals surface area contributed by atoms with Crippen LogP contribution in [0, 0.1) is 0 Å². The van der Waals surface area contributed by atoms with Gasteiger partial charge in [-0.25, -0.2) is 18.1 Å². The molecule has 0 aromatic heterocycles. The van der Waals surface area contributed by atoms with E-state index < -0.39 is 10.0 Å². The molecule has 0 amide bonds. The minimum Gasteiger partial charge on any atom is -0.383 e. The Kier molecular flexibility index (Phi) is 9.11. The highest BCUT2D eigenvalue weighted by Crippen LogP contribution is 2.13. The van der Waals surface area contributed by atoms with Crippen LogP contribution >= 0.6 is 0 Å². The van der Waals surface area contributed by atoms with Gasteiger partial charge in [0, 0.05) is 20.2 Å². The number of aliphatic imine (C=N–C) groups is 1. The van der Waals surface area contributed by atoms with E-state index in [0.29, 0.717) is 19.1 Å². The lowest BCUT2D eigenvalue weighted by molar-refractivity contribution is 0.204. The Morgan fingerprint density at radius 2 is 1.90 bits per heavy atom. The summed E-state index contributed by atoms with van der Waals surface area (Å²) in [6.45, 7) is 5.71. The van der Waals surface area contributed by atoms with Crippen LogP contribution in [0.4, 0.5) is 0 Å². The summed E-state index contributed by atoms with van der Waals surface area (Å²) in [6.07, 6.45) is 0. The summed E-state index contributed by atoms with van der Waals surface area (Å²) in [4.78, 5) is 4.83. The summed E-state index contributed by atoms with van der Waals surface area (Å²) in [5.74, 6) is 0.676. The fourth-order valence-electron chi connectivity index (χ4n) is 2.69. The maximum Gasteiger partial charge on any atom is 0.240 e. The van der Waals surface area contributed by atoms with Crippen molar-refractivity contribution in [3.63, 3.8) is 0 Å². The second-order valence-electron chi connectivity index (χ2n) is 6.51. The maximum atomic E-state index is 12.4. The molecule has 0 radical (unpaired) electrons. The van der Waals surface area contributed by atoms with Gasteiger partial charge in [0.2, 0.25) is 10.0 Å². The molecule has 0 heterocycles. The second-order valence-corrected chi connectivity index (χ2v) is 8.28. The van der Waals surface area contributed by atoms with Crippen molar-refractivity contribution in [1.82, 2.24) is 15.4 Å². The van der Waals surface area contributed by atoms with Crippen molar-refractivity contribution in [1.29, 1.82) is 0 Å². The zero-order valence-electron chi connectivity index (χ0n) is 17.2. The van der Waals surface area contributed by atoms with E-state index >= 15 is 0 Å². The number of rotatable bonds is 10. The topological polar surface area (TPSA) is 91.8 Å². The van der Waals surface area contributed by atoms with E-state index in [1.54, 1.807) is 18.2 Å². The van der Waals surface area contributed by atoms with Crippen LogP contribution in [0.25, 0.3) is 0 Å². The van der Waals surface area contributed by atoms with E-state index in [1.165, 1.54) is 7.11 Å². The third-order valence-corrected chi connectivity index (χ3v) is 5.68. The highest BCUT2D eigenvalue weighted by atomic mass is 32.2. The molecule has 8 heteroatoms. The summed E-state index contributed by atoms with van der Waals surface area (Å²) < 4.78 is 32.2. The van der Waals surface area contributed by atoms with Crippen molar-refractivity contribution in [2.75, 3.05) is 26.8 Å². The zero-order chi connectivity index (χ0) is 21.1. The van der Waals surface area contributed by atoms with Crippen LogP contribution in [0.2, 0.25) is 0 Å². The average molecular weight is 419 g/mol. The Hall–Kier alpha value is -2.42. The number of ether oxygens (including phenoxy) is 1. The first-order valence-corrected chi connectivity index (χ1v) is 11.1. The van der Waals surface area contributed by atoms with Crippen molar-refractivity contribution in [3.05, 3.63) is 65.7 Å². The minimum absolute atomic E-state index is 0.0886. The van der Waals surface area contributed by atoms with Crippen LogP contribution in [0.5, 0.6) is 0 Å². The van der Waals surface area contributed by atoms with Crippen molar-refractivity contribution in [3.8, 4) is 0 Å². The Labute approximate surface area is 173 Å². The van der Waals surface area contributed by atoms with Gasteiger partial charge >= 0.3 is 0 Å². The van der Waals surface area contributed by atoms with Gasteiger partial charge < -0.3 is 15.4 Å². The van der Waals surface area contributed by atoms with E-state index in [-0.39, 0.29) is 17.5 Å². The largest absolute Gasteiger partial charge is 0.383 e. The van der Waals surface area contributed by atoms with Crippen LogP contribution in [0.15, 0.2) is 64.5 Å². The lowest BCUT2D eigenvalue weighted by Gasteiger charge is -2.18. The summed E-state index contributed by atoms with van der Waals surface area (Å²) in [7, 11) is -2.04. The Morgan fingerprint density at radius 1 is 1.14 bits per heavy atom. The average Bonchev–Trinajstić information content (AvgIpc) is 2.73. The van der Waals surface area contributed by atoms with Crippen LogP contribution in [0.1, 0.15) is 31.0 Å². The summed E-state index contributed by atoms with van der Waals surface area (Å²) in [5, 5.41) is 6.61. The van der Waals surface area contributed by atoms with E-state index in [1.807, 2.05) is 31.2 Å². The molecule has 0 saturated heterocycles. The van der Waals surface area contributed by atoms with Crippen molar-refractivity contribution >= 4 is 16.0 Å². The SMILES string of the molecule is CCNC(=NCc1cccc(S(=O)(=O)NCCOC)c1)NC(C)c1ccccc1. The van der Waals surface area contributed by atoms with E-state index in [9.17, 15) is 8.42 Å². The molecule has 2 rings (SSSR count). The molecule has 1 unspecified atom stereocenters. The van der Waals surface area contributed by atoms with Gasteiger partial charge in [-0.15, -0.1) is 0 Å². The predicted octanol–water partition coefficient (Wildman–Crippen LogP) is 2.43. The van der Waals surface area contributed by atoms with Crippen LogP contribution in [0.3, 0.4) is 0 Å². The number of benzene rings is 2. The third kappa shape index (κ3) is 7.49. The van der Waals surface area contributed by atoms with Gasteiger partial charge in [-0.2, -0.15) is 0 Å². The molecule has 0 aliphatic carbocycles. The van der Waals surface area contributed by atoms with Gasteiger partial charge in [0.15, 0.2) is 5.96 Å². The van der Waals surface area contributed by atoms with E-state index in [2.05, 4.69) is 39.4 Å². The maximum absolute atomic E-state index is 12.4. The molecule has 0 saturated carbocycles. The third-order valence-electron chi connectivity index (χ3n) is 4.22. The molecule has 0 bridgehead atoms. The number of sulfonamides is 1. The Morgan fingerprint density at radius 3 is 2.59 bits per heavy atom. The fourth-order valence-corrected chi connectivity index (χ4v) is 3.78. The smallest absolute Gasteiger partial charge is 0.240 e. The van der Waals surface area contributed by atoms with Crippen molar-refractivity contribution < 1.29 is 13.2 Å². The van der Waals surface area contributed by atoms with Gasteiger partial charge in [-0.3, -0.25) is 0 Å². The number of hydrogen-bond acceptors (Lipinski definition) is 4. The van der Waals surface area contributed by atoms with Crippen molar-refractivity contribution in [2.45, 2.75) is 31.3 Å². The molecule has 3 N–H and O–H groups in total. The van der Waals surface area contributed by atoms with E-state index in [4.69, 9.17) is 4.74 Å². The number of guanidine groups is 1. The Balaban J connectivity index is 2.09. The lowest BCUT2D eigenvalue weighted by Crippen LogP contribution is -2.38. The molecule has 0 spiro atoms. The molecule has 2 aromatic carbocycles. The molecular formula is C21H30N4O3S. The normalized spacial score (nSPS) is 13.1. The van der Waals surface area contributed by atoms with Crippen LogP contribution in [-0.4, -0.2) is 41.2 Å². The molecule has 1 atom stereocenters. The molecule has 7 nitrogen and oxygen atoms in total. The first kappa shape index (κ1) is 22.9. The predicted molar refractivity (Wildman–Crippen MR) is 116 cm³/mol. The van der Waals surface area contributed by atoms with Crippen molar-refractivity contribution in [2.24, 2.45) is 4.99 Å². The van der Waals surface area contributed by atoms with Gasteiger partial charge in [0.05, 0.1) is 24.1 Å². The fraction of sp³-hybridized carbons (Fsp3) is 0.381. The summed E-state index contributed by atoms with van der Waals surface area (Å²) in [5.41, 5.74) is 1.97.